The van der Waals surface area contributed by atoms with Crippen LogP contribution in [0.15, 0.2) is 11.7 Å². The van der Waals surface area contributed by atoms with E-state index >= 15 is 0 Å². The van der Waals surface area contributed by atoms with Gasteiger partial charge in [0.05, 0.1) is 16.7 Å². The van der Waals surface area contributed by atoms with Gasteiger partial charge in [0, 0.05) is 12.5 Å². The van der Waals surface area contributed by atoms with Crippen LogP contribution in [0, 0.1) is 0 Å². The highest BCUT2D eigenvalue weighted by Gasteiger charge is 2.11. The Kier molecular flexibility index (Phi) is 3.97. The Morgan fingerprint density at radius 1 is 1.86 bits per heavy atom. The molecule has 1 amide bonds. The zero-order valence-electron chi connectivity index (χ0n) is 7.69. The summed E-state index contributed by atoms with van der Waals surface area (Å²) in [6, 6.07) is -0.0397. The molecule has 3 N–H and O–H groups in total. The van der Waals surface area contributed by atoms with Crippen molar-refractivity contribution in [3.63, 3.8) is 0 Å². The third-order valence-electron chi connectivity index (χ3n) is 1.54. The number of carbonyl (C=O) groups is 1. The normalized spacial score (nSPS) is 12.1. The molecule has 1 aromatic heterocycles. The van der Waals surface area contributed by atoms with E-state index in [1.54, 1.807) is 5.51 Å². The van der Waals surface area contributed by atoms with Crippen LogP contribution in [-0.2, 0) is 0 Å². The predicted molar refractivity (Wildman–Crippen MR) is 60.4 cm³/mol. The van der Waals surface area contributed by atoms with Crippen molar-refractivity contribution < 1.29 is 4.79 Å². The molecule has 1 atom stereocenters. The lowest BCUT2D eigenvalue weighted by atomic mass is 10.2. The number of aromatic nitrogens is 1. The minimum atomic E-state index is -0.128. The van der Waals surface area contributed by atoms with Gasteiger partial charge in [0.25, 0.3) is 5.91 Å². The molecule has 0 fully saturated rings. The van der Waals surface area contributed by atoms with Crippen molar-refractivity contribution in [1.82, 2.24) is 10.3 Å². The molecule has 0 bridgehead atoms. The van der Waals surface area contributed by atoms with Crippen molar-refractivity contribution in [3.05, 3.63) is 16.6 Å². The molecule has 14 heavy (non-hydrogen) atoms. The molecule has 6 heteroatoms. The van der Waals surface area contributed by atoms with Gasteiger partial charge in [-0.1, -0.05) is 12.2 Å². The molecule has 0 aliphatic heterocycles. The van der Waals surface area contributed by atoms with Crippen molar-refractivity contribution in [2.45, 2.75) is 19.4 Å². The monoisotopic (exact) mass is 229 g/mol. The molecule has 4 nitrogen and oxygen atoms in total. The fourth-order valence-electron chi connectivity index (χ4n) is 0.976. The summed E-state index contributed by atoms with van der Waals surface area (Å²) in [6.45, 7) is 1.86. The average molecular weight is 229 g/mol. The predicted octanol–water partition coefficient (Wildman–Crippen LogP) is 0.938. The fraction of sp³-hybridized carbons (Fsp3) is 0.375. The molecule has 1 unspecified atom stereocenters. The largest absolute Gasteiger partial charge is 0.393 e. The van der Waals surface area contributed by atoms with Gasteiger partial charge in [0.2, 0.25) is 0 Å². The van der Waals surface area contributed by atoms with E-state index in [-0.39, 0.29) is 11.9 Å². The number of rotatable bonds is 4. The summed E-state index contributed by atoms with van der Waals surface area (Å²) in [7, 11) is 0. The first kappa shape index (κ1) is 11.1. The van der Waals surface area contributed by atoms with Gasteiger partial charge >= 0.3 is 0 Å². The smallest absolute Gasteiger partial charge is 0.263 e. The van der Waals surface area contributed by atoms with Crippen LogP contribution in [0.1, 0.15) is 23.0 Å². The van der Waals surface area contributed by atoms with E-state index in [2.05, 4.69) is 10.3 Å². The second-order valence-electron chi connectivity index (χ2n) is 2.91. The van der Waals surface area contributed by atoms with Crippen LogP contribution in [0.25, 0.3) is 0 Å². The number of hydrogen-bond acceptors (Lipinski definition) is 4. The van der Waals surface area contributed by atoms with Gasteiger partial charge < -0.3 is 11.1 Å². The summed E-state index contributed by atoms with van der Waals surface area (Å²) in [5.41, 5.74) is 6.98. The lowest BCUT2D eigenvalue weighted by molar-refractivity contribution is 0.0945. The minimum Gasteiger partial charge on any atom is -0.393 e. The second-order valence-corrected chi connectivity index (χ2v) is 4.32. The number of carbonyl (C=O) groups excluding carboxylic acids is 1. The van der Waals surface area contributed by atoms with Crippen LogP contribution in [0.4, 0.5) is 0 Å². The molecule has 76 valence electrons. The molecule has 1 aromatic rings. The Morgan fingerprint density at radius 3 is 3.07 bits per heavy atom. The van der Waals surface area contributed by atoms with Gasteiger partial charge in [0.15, 0.2) is 0 Å². The van der Waals surface area contributed by atoms with Crippen LogP contribution in [0.3, 0.4) is 0 Å². The number of thiocarbonyl (C=S) groups is 1. The third kappa shape index (κ3) is 3.39. The third-order valence-corrected chi connectivity index (χ3v) is 2.48. The first-order valence-corrected chi connectivity index (χ1v) is 5.36. The Bertz CT molecular complexity index is 323. The standard InChI is InChI=1S/C8H11N3OS2/c1-5(2-7(9)13)11-8(12)6-3-10-4-14-6/h3-5H,2H2,1H3,(H2,9,13)(H,11,12). The van der Waals surface area contributed by atoms with E-state index in [9.17, 15) is 4.79 Å². The van der Waals surface area contributed by atoms with E-state index in [0.717, 1.165) is 0 Å². The van der Waals surface area contributed by atoms with Crippen LogP contribution >= 0.6 is 23.6 Å². The van der Waals surface area contributed by atoms with Gasteiger partial charge in [0.1, 0.15) is 4.88 Å². The lowest BCUT2D eigenvalue weighted by Crippen LogP contribution is -2.34. The Hall–Kier alpha value is -1.01. The summed E-state index contributed by atoms with van der Waals surface area (Å²) < 4.78 is 0. The molecule has 0 saturated heterocycles. The van der Waals surface area contributed by atoms with Gasteiger partial charge in [-0.2, -0.15) is 0 Å². The molecule has 1 heterocycles. The lowest BCUT2D eigenvalue weighted by Gasteiger charge is -2.11. The summed E-state index contributed by atoms with van der Waals surface area (Å²) in [4.78, 5) is 16.3. The van der Waals surface area contributed by atoms with Crippen molar-refractivity contribution in [2.24, 2.45) is 5.73 Å². The van der Waals surface area contributed by atoms with E-state index in [1.807, 2.05) is 6.92 Å². The number of nitrogens with zero attached hydrogens (tertiary/aromatic N) is 1. The van der Waals surface area contributed by atoms with Gasteiger partial charge in [-0.25, -0.2) is 0 Å². The molecule has 0 spiro atoms. The number of nitrogens with two attached hydrogens (primary N) is 1. The Morgan fingerprint density at radius 2 is 2.57 bits per heavy atom. The fourth-order valence-corrected chi connectivity index (χ4v) is 1.75. The number of amides is 1. The van der Waals surface area contributed by atoms with E-state index in [0.29, 0.717) is 16.3 Å². The summed E-state index contributed by atoms with van der Waals surface area (Å²) >= 11 is 6.05. The van der Waals surface area contributed by atoms with Crippen molar-refractivity contribution >= 4 is 34.5 Å². The minimum absolute atomic E-state index is 0.0397. The van der Waals surface area contributed by atoms with Gasteiger partial charge in [-0.05, 0) is 6.92 Å². The molecular weight excluding hydrogens is 218 g/mol. The summed E-state index contributed by atoms with van der Waals surface area (Å²) in [5, 5.41) is 2.78. The van der Waals surface area contributed by atoms with Crippen LogP contribution in [-0.4, -0.2) is 21.9 Å². The number of thiazole rings is 1. The molecule has 0 aromatic carbocycles. The maximum absolute atomic E-state index is 11.5. The van der Waals surface area contributed by atoms with E-state index in [1.165, 1.54) is 17.5 Å². The SMILES string of the molecule is CC(CC(N)=S)NC(=O)c1cncs1. The zero-order chi connectivity index (χ0) is 10.6. The first-order chi connectivity index (χ1) is 6.59. The zero-order valence-corrected chi connectivity index (χ0v) is 9.32. The number of nitrogens with one attached hydrogen (secondary N) is 1. The van der Waals surface area contributed by atoms with Gasteiger partial charge in [-0.15, -0.1) is 11.3 Å². The van der Waals surface area contributed by atoms with Crippen molar-refractivity contribution in [2.75, 3.05) is 0 Å². The Labute approximate surface area is 91.5 Å². The van der Waals surface area contributed by atoms with Crippen molar-refractivity contribution in [3.8, 4) is 0 Å². The summed E-state index contributed by atoms with van der Waals surface area (Å²) in [6.07, 6.45) is 2.05. The quantitative estimate of drug-likeness (QED) is 0.754. The van der Waals surface area contributed by atoms with Crippen molar-refractivity contribution in [1.29, 1.82) is 0 Å². The highest BCUT2D eigenvalue weighted by atomic mass is 32.1. The van der Waals surface area contributed by atoms with E-state index < -0.39 is 0 Å². The topological polar surface area (TPSA) is 68.0 Å². The van der Waals surface area contributed by atoms with E-state index in [4.69, 9.17) is 18.0 Å². The summed E-state index contributed by atoms with van der Waals surface area (Å²) in [5.74, 6) is -0.128. The van der Waals surface area contributed by atoms with Crippen LogP contribution in [0.5, 0.6) is 0 Å². The maximum atomic E-state index is 11.5. The molecular formula is C8H11N3OS2. The van der Waals surface area contributed by atoms with Crippen LogP contribution < -0.4 is 11.1 Å². The molecule has 0 aliphatic rings. The maximum Gasteiger partial charge on any atom is 0.263 e. The Balaban J connectivity index is 2.45. The molecule has 1 rings (SSSR count). The first-order valence-electron chi connectivity index (χ1n) is 4.07. The molecule has 0 radical (unpaired) electrons. The number of hydrogen-bond donors (Lipinski definition) is 2. The van der Waals surface area contributed by atoms with Crippen LogP contribution in [0.2, 0.25) is 0 Å². The van der Waals surface area contributed by atoms with Gasteiger partial charge in [-0.3, -0.25) is 9.78 Å². The molecule has 0 saturated carbocycles. The second kappa shape index (κ2) is 5.02. The average Bonchev–Trinajstić information content (AvgIpc) is 2.53. The highest BCUT2D eigenvalue weighted by molar-refractivity contribution is 7.80. The highest BCUT2D eigenvalue weighted by Crippen LogP contribution is 2.05. The molecule has 0 aliphatic carbocycles.